The quantitative estimate of drug-likeness (QED) is 0.410. The standard InChI is InChI=1S/C18H25FO5/c1-6-18(7-2,16(20)23-11-12(3)4)17(21)24-14-9-8-13(19)10-15(14)22-5/h8-10,12H,6-7,11H2,1-5H3. The van der Waals surface area contributed by atoms with E-state index < -0.39 is 23.2 Å². The Hall–Kier alpha value is -2.11. The molecule has 0 unspecified atom stereocenters. The number of hydrogen-bond acceptors (Lipinski definition) is 5. The molecule has 0 radical (unpaired) electrons. The number of ether oxygens (including phenoxy) is 3. The van der Waals surface area contributed by atoms with Crippen LogP contribution >= 0.6 is 0 Å². The topological polar surface area (TPSA) is 61.8 Å². The molecular formula is C18H25FO5. The molecule has 0 aliphatic rings. The van der Waals surface area contributed by atoms with Crippen LogP contribution < -0.4 is 9.47 Å². The smallest absolute Gasteiger partial charge is 0.328 e. The molecule has 134 valence electrons. The number of carbonyl (C=O) groups excluding carboxylic acids is 2. The van der Waals surface area contributed by atoms with Crippen LogP contribution in [0.2, 0.25) is 0 Å². The zero-order valence-corrected chi connectivity index (χ0v) is 14.8. The monoisotopic (exact) mass is 340 g/mol. The maximum Gasteiger partial charge on any atom is 0.328 e. The van der Waals surface area contributed by atoms with Gasteiger partial charge in [0.05, 0.1) is 13.7 Å². The summed E-state index contributed by atoms with van der Waals surface area (Å²) in [5, 5.41) is 0. The Morgan fingerprint density at radius 1 is 1.12 bits per heavy atom. The summed E-state index contributed by atoms with van der Waals surface area (Å²) in [6.07, 6.45) is 0.478. The van der Waals surface area contributed by atoms with Crippen LogP contribution in [0, 0.1) is 17.2 Å². The lowest BCUT2D eigenvalue weighted by Crippen LogP contribution is -2.43. The molecule has 0 fully saturated rings. The van der Waals surface area contributed by atoms with Crippen LogP contribution in [0.5, 0.6) is 11.5 Å². The second-order valence-electron chi connectivity index (χ2n) is 5.97. The van der Waals surface area contributed by atoms with Crippen molar-refractivity contribution in [2.24, 2.45) is 11.3 Å². The Morgan fingerprint density at radius 3 is 2.25 bits per heavy atom. The first-order valence-electron chi connectivity index (χ1n) is 8.03. The van der Waals surface area contributed by atoms with Gasteiger partial charge < -0.3 is 14.2 Å². The molecule has 6 heteroatoms. The summed E-state index contributed by atoms with van der Waals surface area (Å²) >= 11 is 0. The van der Waals surface area contributed by atoms with Gasteiger partial charge in [-0.1, -0.05) is 27.7 Å². The SMILES string of the molecule is CCC(CC)(C(=O)OCC(C)C)C(=O)Oc1ccc(F)cc1OC. The summed E-state index contributed by atoms with van der Waals surface area (Å²) in [5.74, 6) is -1.54. The van der Waals surface area contributed by atoms with Gasteiger partial charge in [-0.05, 0) is 30.9 Å². The molecule has 5 nitrogen and oxygen atoms in total. The van der Waals surface area contributed by atoms with E-state index in [4.69, 9.17) is 14.2 Å². The average Bonchev–Trinajstić information content (AvgIpc) is 2.56. The van der Waals surface area contributed by atoms with Gasteiger partial charge in [0.15, 0.2) is 16.9 Å². The summed E-state index contributed by atoms with van der Waals surface area (Å²) in [7, 11) is 1.34. The van der Waals surface area contributed by atoms with E-state index >= 15 is 0 Å². The second kappa shape index (κ2) is 8.66. The highest BCUT2D eigenvalue weighted by molar-refractivity contribution is 6.00. The van der Waals surface area contributed by atoms with E-state index in [9.17, 15) is 14.0 Å². The highest BCUT2D eigenvalue weighted by Gasteiger charge is 2.46. The van der Waals surface area contributed by atoms with E-state index in [0.717, 1.165) is 12.1 Å². The van der Waals surface area contributed by atoms with E-state index in [1.807, 2.05) is 13.8 Å². The first kappa shape index (κ1) is 19.9. The molecule has 0 amide bonds. The minimum atomic E-state index is -1.39. The predicted octanol–water partition coefficient (Wildman–Crippen LogP) is 3.75. The van der Waals surface area contributed by atoms with Gasteiger partial charge in [0, 0.05) is 6.07 Å². The van der Waals surface area contributed by atoms with Crippen molar-refractivity contribution in [1.82, 2.24) is 0 Å². The van der Waals surface area contributed by atoms with Crippen LogP contribution in [0.4, 0.5) is 4.39 Å². The van der Waals surface area contributed by atoms with Crippen LogP contribution in [-0.4, -0.2) is 25.7 Å². The molecule has 24 heavy (non-hydrogen) atoms. The Morgan fingerprint density at radius 2 is 1.75 bits per heavy atom. The van der Waals surface area contributed by atoms with Gasteiger partial charge in [-0.15, -0.1) is 0 Å². The largest absolute Gasteiger partial charge is 0.493 e. The summed E-state index contributed by atoms with van der Waals surface area (Å²) in [4.78, 5) is 25.1. The molecule has 0 bridgehead atoms. The number of halogens is 1. The third kappa shape index (κ3) is 4.46. The number of methoxy groups -OCH3 is 1. The van der Waals surface area contributed by atoms with E-state index in [1.165, 1.54) is 13.2 Å². The average molecular weight is 340 g/mol. The van der Waals surface area contributed by atoms with Crippen LogP contribution in [-0.2, 0) is 14.3 Å². The molecule has 0 saturated heterocycles. The van der Waals surface area contributed by atoms with Crippen molar-refractivity contribution < 1.29 is 28.2 Å². The van der Waals surface area contributed by atoms with Gasteiger partial charge in [-0.25, -0.2) is 4.39 Å². The summed E-state index contributed by atoms with van der Waals surface area (Å²) in [6.45, 7) is 7.50. The fourth-order valence-electron chi connectivity index (χ4n) is 2.21. The zero-order chi connectivity index (χ0) is 18.3. The first-order valence-corrected chi connectivity index (χ1v) is 8.03. The van der Waals surface area contributed by atoms with Crippen molar-refractivity contribution in [3.8, 4) is 11.5 Å². The zero-order valence-electron chi connectivity index (χ0n) is 14.8. The van der Waals surface area contributed by atoms with Crippen LogP contribution in [0.3, 0.4) is 0 Å². The van der Waals surface area contributed by atoms with E-state index in [1.54, 1.807) is 13.8 Å². The third-order valence-corrected chi connectivity index (χ3v) is 3.86. The van der Waals surface area contributed by atoms with Gasteiger partial charge in [0.1, 0.15) is 5.82 Å². The molecule has 0 aliphatic carbocycles. The first-order chi connectivity index (χ1) is 11.3. The number of hydrogen-bond donors (Lipinski definition) is 0. The molecule has 0 aliphatic heterocycles. The molecule has 0 N–H and O–H groups in total. The molecule has 0 heterocycles. The van der Waals surface area contributed by atoms with Crippen LogP contribution in [0.1, 0.15) is 40.5 Å². The third-order valence-electron chi connectivity index (χ3n) is 3.86. The lowest BCUT2D eigenvalue weighted by atomic mass is 9.82. The van der Waals surface area contributed by atoms with Crippen molar-refractivity contribution in [2.45, 2.75) is 40.5 Å². The van der Waals surface area contributed by atoms with E-state index in [2.05, 4.69) is 0 Å². The van der Waals surface area contributed by atoms with E-state index in [-0.39, 0.29) is 36.9 Å². The van der Waals surface area contributed by atoms with Gasteiger partial charge in [0.25, 0.3) is 0 Å². The minimum absolute atomic E-state index is 0.0619. The van der Waals surface area contributed by atoms with Gasteiger partial charge in [-0.2, -0.15) is 0 Å². The van der Waals surface area contributed by atoms with Gasteiger partial charge in [-0.3, -0.25) is 9.59 Å². The fourth-order valence-corrected chi connectivity index (χ4v) is 2.21. The van der Waals surface area contributed by atoms with Crippen molar-refractivity contribution >= 4 is 11.9 Å². The summed E-state index contributed by atoms with van der Waals surface area (Å²) in [6, 6.07) is 3.56. The molecule has 0 atom stereocenters. The maximum atomic E-state index is 13.2. The Bertz CT molecular complexity index is 579. The molecule has 0 aromatic heterocycles. The molecule has 1 aromatic carbocycles. The number of rotatable bonds is 8. The number of benzene rings is 1. The lowest BCUT2D eigenvalue weighted by Gasteiger charge is -2.27. The van der Waals surface area contributed by atoms with Gasteiger partial charge >= 0.3 is 11.9 Å². The molecule has 1 aromatic rings. The van der Waals surface area contributed by atoms with Crippen molar-refractivity contribution in [3.63, 3.8) is 0 Å². The number of carbonyl (C=O) groups is 2. The van der Waals surface area contributed by atoms with Gasteiger partial charge in [0.2, 0.25) is 0 Å². The molecular weight excluding hydrogens is 315 g/mol. The Labute approximate surface area is 142 Å². The molecule has 1 rings (SSSR count). The minimum Gasteiger partial charge on any atom is -0.493 e. The predicted molar refractivity (Wildman–Crippen MR) is 87.4 cm³/mol. The summed E-state index contributed by atoms with van der Waals surface area (Å²) < 4.78 is 28.9. The molecule has 0 spiro atoms. The maximum absolute atomic E-state index is 13.2. The summed E-state index contributed by atoms with van der Waals surface area (Å²) in [5.41, 5.74) is -1.39. The van der Waals surface area contributed by atoms with Crippen LogP contribution in [0.15, 0.2) is 18.2 Å². The van der Waals surface area contributed by atoms with E-state index in [0.29, 0.717) is 0 Å². The lowest BCUT2D eigenvalue weighted by molar-refractivity contribution is -0.168. The normalized spacial score (nSPS) is 11.3. The van der Waals surface area contributed by atoms with Crippen molar-refractivity contribution in [2.75, 3.05) is 13.7 Å². The van der Waals surface area contributed by atoms with Crippen molar-refractivity contribution in [3.05, 3.63) is 24.0 Å². The Kier molecular flexibility index (Phi) is 7.19. The molecule has 0 saturated carbocycles. The second-order valence-corrected chi connectivity index (χ2v) is 5.97. The van der Waals surface area contributed by atoms with Crippen LogP contribution in [0.25, 0.3) is 0 Å². The Balaban J connectivity index is 3.04. The highest BCUT2D eigenvalue weighted by atomic mass is 19.1. The highest BCUT2D eigenvalue weighted by Crippen LogP contribution is 2.34. The fraction of sp³-hybridized carbons (Fsp3) is 0.556. The number of esters is 2. The van der Waals surface area contributed by atoms with Crippen molar-refractivity contribution in [1.29, 1.82) is 0 Å².